The highest BCUT2D eigenvalue weighted by Crippen LogP contribution is 2.35. The van der Waals surface area contributed by atoms with Crippen LogP contribution in [0.2, 0.25) is 0 Å². The van der Waals surface area contributed by atoms with Crippen LogP contribution in [0.3, 0.4) is 0 Å². The SMILES string of the molecule is N[C@@H]1CC(C(=O)N2CCn3c(nnc3C(F)(F)F)C2)=CC[C@@H]1c1cc(F)c(F)cc1F. The first-order valence-corrected chi connectivity index (χ1v) is 9.44. The number of nitrogens with two attached hydrogens (primary N) is 1. The largest absolute Gasteiger partial charge is 0.451 e. The van der Waals surface area contributed by atoms with Gasteiger partial charge in [-0.15, -0.1) is 10.2 Å². The Balaban J connectivity index is 1.50. The van der Waals surface area contributed by atoms with Crippen LogP contribution in [-0.4, -0.2) is 38.2 Å². The molecule has 1 aromatic carbocycles. The molecule has 0 unspecified atom stereocenters. The van der Waals surface area contributed by atoms with Gasteiger partial charge >= 0.3 is 6.18 Å². The molecule has 2 aromatic rings. The molecule has 1 amide bonds. The maximum atomic E-state index is 14.1. The Morgan fingerprint density at radius 1 is 1.06 bits per heavy atom. The highest BCUT2D eigenvalue weighted by atomic mass is 19.4. The predicted molar refractivity (Wildman–Crippen MR) is 94.8 cm³/mol. The fraction of sp³-hybridized carbons (Fsp3) is 0.421. The van der Waals surface area contributed by atoms with Gasteiger partial charge in [-0.05, 0) is 24.5 Å². The van der Waals surface area contributed by atoms with E-state index in [1.807, 2.05) is 0 Å². The van der Waals surface area contributed by atoms with Crippen LogP contribution >= 0.6 is 0 Å². The summed E-state index contributed by atoms with van der Waals surface area (Å²) in [6, 6.07) is 0.500. The van der Waals surface area contributed by atoms with E-state index in [-0.39, 0.29) is 43.9 Å². The van der Waals surface area contributed by atoms with Crippen LogP contribution in [0.25, 0.3) is 0 Å². The standard InChI is InChI=1S/C19H17F6N5O/c20-12-7-14(22)13(21)6-11(12)10-2-1-9(5-15(10)26)17(31)29-3-4-30-16(8-29)27-28-18(30)19(23,24)25/h1,6-7,10,15H,2-5,8,26H2/t10-,15-/m1/s1. The number of amides is 1. The van der Waals surface area contributed by atoms with E-state index in [0.717, 1.165) is 10.6 Å². The van der Waals surface area contributed by atoms with E-state index in [1.165, 1.54) is 4.90 Å². The molecule has 2 atom stereocenters. The van der Waals surface area contributed by atoms with Crippen molar-refractivity contribution in [3.8, 4) is 0 Å². The van der Waals surface area contributed by atoms with Crippen LogP contribution in [0.5, 0.6) is 0 Å². The van der Waals surface area contributed by atoms with Crippen LogP contribution in [0.1, 0.15) is 36.0 Å². The summed E-state index contributed by atoms with van der Waals surface area (Å²) in [5.74, 6) is -5.56. The highest BCUT2D eigenvalue weighted by molar-refractivity contribution is 5.93. The molecule has 0 fully saturated rings. The van der Waals surface area contributed by atoms with Gasteiger partial charge in [-0.2, -0.15) is 13.2 Å². The molecular weight excluding hydrogens is 428 g/mol. The van der Waals surface area contributed by atoms with Crippen LogP contribution < -0.4 is 5.73 Å². The second-order valence-corrected chi connectivity index (χ2v) is 7.54. The monoisotopic (exact) mass is 445 g/mol. The van der Waals surface area contributed by atoms with Gasteiger partial charge in [0.2, 0.25) is 11.7 Å². The summed E-state index contributed by atoms with van der Waals surface area (Å²) in [6.07, 6.45) is -2.90. The molecule has 12 heteroatoms. The van der Waals surface area contributed by atoms with Crippen molar-refractivity contribution in [2.75, 3.05) is 6.54 Å². The van der Waals surface area contributed by atoms with Gasteiger partial charge in [0.1, 0.15) is 5.82 Å². The van der Waals surface area contributed by atoms with Crippen LogP contribution in [0, 0.1) is 17.5 Å². The first-order chi connectivity index (χ1) is 14.6. The smallest absolute Gasteiger partial charge is 0.330 e. The fourth-order valence-corrected chi connectivity index (χ4v) is 4.02. The Morgan fingerprint density at radius 3 is 2.45 bits per heavy atom. The van der Waals surface area contributed by atoms with E-state index in [9.17, 15) is 31.1 Å². The van der Waals surface area contributed by atoms with E-state index in [4.69, 9.17) is 5.73 Å². The number of hydrogen-bond donors (Lipinski definition) is 1. The van der Waals surface area contributed by atoms with E-state index < -0.39 is 47.3 Å². The lowest BCUT2D eigenvalue weighted by molar-refractivity contribution is -0.148. The summed E-state index contributed by atoms with van der Waals surface area (Å²) in [7, 11) is 0. The zero-order valence-corrected chi connectivity index (χ0v) is 16.0. The van der Waals surface area contributed by atoms with Crippen molar-refractivity contribution in [2.45, 2.75) is 44.1 Å². The van der Waals surface area contributed by atoms with Gasteiger partial charge in [-0.25, -0.2) is 13.2 Å². The number of allylic oxidation sites excluding steroid dienone is 1. The highest BCUT2D eigenvalue weighted by Gasteiger charge is 2.40. The number of benzene rings is 1. The number of hydrogen-bond acceptors (Lipinski definition) is 4. The van der Waals surface area contributed by atoms with E-state index in [2.05, 4.69) is 10.2 Å². The number of fused-ring (bicyclic) bond motifs is 1. The molecule has 2 aliphatic rings. The molecule has 0 radical (unpaired) electrons. The average Bonchev–Trinajstić information content (AvgIpc) is 3.14. The number of carbonyl (C=O) groups is 1. The molecule has 1 aliphatic heterocycles. The number of halogens is 6. The molecule has 0 saturated carbocycles. The Labute approximate surface area is 172 Å². The van der Waals surface area contributed by atoms with Crippen LogP contribution in [0.15, 0.2) is 23.8 Å². The van der Waals surface area contributed by atoms with Gasteiger partial charge in [0, 0.05) is 36.7 Å². The average molecular weight is 445 g/mol. The van der Waals surface area contributed by atoms with Crippen LogP contribution in [0.4, 0.5) is 26.3 Å². The summed E-state index contributed by atoms with van der Waals surface area (Å²) < 4.78 is 80.6. The minimum absolute atomic E-state index is 0.0226. The lowest BCUT2D eigenvalue weighted by Crippen LogP contribution is -2.42. The van der Waals surface area contributed by atoms with Crippen molar-refractivity contribution >= 4 is 5.91 Å². The number of aromatic nitrogens is 3. The maximum absolute atomic E-state index is 14.1. The number of alkyl halides is 3. The predicted octanol–water partition coefficient (Wildman–Crippen LogP) is 2.89. The van der Waals surface area contributed by atoms with Gasteiger partial charge < -0.3 is 15.2 Å². The maximum Gasteiger partial charge on any atom is 0.451 e. The fourth-order valence-electron chi connectivity index (χ4n) is 4.02. The Hall–Kier alpha value is -2.89. The van der Waals surface area contributed by atoms with Gasteiger partial charge in [-0.3, -0.25) is 4.79 Å². The Bertz CT molecular complexity index is 1060. The molecule has 31 heavy (non-hydrogen) atoms. The lowest BCUT2D eigenvalue weighted by atomic mass is 9.80. The summed E-state index contributed by atoms with van der Waals surface area (Å²) in [4.78, 5) is 14.2. The molecule has 4 rings (SSSR count). The van der Waals surface area contributed by atoms with Crippen LogP contribution in [-0.2, 0) is 24.1 Å². The third-order valence-electron chi connectivity index (χ3n) is 5.60. The zero-order valence-electron chi connectivity index (χ0n) is 16.0. The second-order valence-electron chi connectivity index (χ2n) is 7.54. The molecule has 6 nitrogen and oxygen atoms in total. The third kappa shape index (κ3) is 3.91. The number of nitrogens with zero attached hydrogens (tertiary/aromatic N) is 4. The molecule has 0 spiro atoms. The minimum Gasteiger partial charge on any atom is -0.330 e. The van der Waals surface area contributed by atoms with Crippen molar-refractivity contribution in [2.24, 2.45) is 5.73 Å². The molecule has 0 saturated heterocycles. The minimum atomic E-state index is -4.64. The van der Waals surface area contributed by atoms with E-state index >= 15 is 0 Å². The van der Waals surface area contributed by atoms with Crippen molar-refractivity contribution < 1.29 is 31.1 Å². The molecular formula is C19H17F6N5O. The lowest BCUT2D eigenvalue weighted by Gasteiger charge is -2.33. The summed E-state index contributed by atoms with van der Waals surface area (Å²) in [6.45, 7) is -0.221. The van der Waals surface area contributed by atoms with E-state index in [0.29, 0.717) is 11.6 Å². The van der Waals surface area contributed by atoms with Crippen molar-refractivity contribution in [3.05, 3.63) is 58.4 Å². The van der Waals surface area contributed by atoms with Gasteiger partial charge in [-0.1, -0.05) is 6.08 Å². The molecule has 1 aliphatic carbocycles. The quantitative estimate of drug-likeness (QED) is 0.570. The summed E-state index contributed by atoms with van der Waals surface area (Å²) in [5.41, 5.74) is 6.37. The van der Waals surface area contributed by atoms with Crippen molar-refractivity contribution in [1.82, 2.24) is 19.7 Å². The molecule has 0 bridgehead atoms. The second kappa shape index (κ2) is 7.66. The topological polar surface area (TPSA) is 77.0 Å². The first-order valence-electron chi connectivity index (χ1n) is 9.44. The number of rotatable bonds is 2. The summed E-state index contributed by atoms with van der Waals surface area (Å²) in [5, 5.41) is 6.71. The molecule has 1 aromatic heterocycles. The van der Waals surface area contributed by atoms with Crippen molar-refractivity contribution in [3.63, 3.8) is 0 Å². The van der Waals surface area contributed by atoms with E-state index in [1.54, 1.807) is 6.08 Å². The zero-order chi connectivity index (χ0) is 22.5. The normalized spacial score (nSPS) is 21.6. The van der Waals surface area contributed by atoms with Gasteiger partial charge in [0.15, 0.2) is 17.5 Å². The number of carbonyl (C=O) groups excluding carboxylic acids is 1. The van der Waals surface area contributed by atoms with Crippen molar-refractivity contribution in [1.29, 1.82) is 0 Å². The molecule has 166 valence electrons. The first kappa shape index (κ1) is 21.3. The van der Waals surface area contributed by atoms with Gasteiger partial charge in [0.25, 0.3) is 0 Å². The summed E-state index contributed by atoms with van der Waals surface area (Å²) >= 11 is 0. The van der Waals surface area contributed by atoms with Gasteiger partial charge in [0.05, 0.1) is 6.54 Å². The third-order valence-corrected chi connectivity index (χ3v) is 5.60. The Morgan fingerprint density at radius 2 is 1.77 bits per heavy atom. The molecule has 2 N–H and O–H groups in total. The Kier molecular flexibility index (Phi) is 5.28. The molecule has 2 heterocycles.